The highest BCUT2D eigenvalue weighted by molar-refractivity contribution is 6.24. The Morgan fingerprint density at radius 1 is 0.935 bits per heavy atom. The monoisotopic (exact) mass is 628 g/mol. The van der Waals surface area contributed by atoms with Gasteiger partial charge in [-0.2, -0.15) is 0 Å². The Labute approximate surface area is 262 Å². The van der Waals surface area contributed by atoms with Gasteiger partial charge in [-0.3, -0.25) is 19.3 Å². The van der Waals surface area contributed by atoms with E-state index in [1.807, 2.05) is 30.3 Å². The average molecular weight is 629 g/mol. The number of carbonyl (C=O) groups excluding carboxylic acids is 4. The number of hydrogen-bond donors (Lipinski definition) is 8. The molecule has 0 bridgehead atoms. The van der Waals surface area contributed by atoms with Gasteiger partial charge in [0, 0.05) is 16.9 Å². The van der Waals surface area contributed by atoms with Gasteiger partial charge in [0.1, 0.15) is 22.8 Å². The van der Waals surface area contributed by atoms with Gasteiger partial charge in [-0.15, -0.1) is 0 Å². The first kappa shape index (κ1) is 30.8. The molecule has 0 heterocycles. The van der Waals surface area contributed by atoms with E-state index in [1.54, 1.807) is 19.1 Å². The van der Waals surface area contributed by atoms with Gasteiger partial charge in [-0.1, -0.05) is 49.4 Å². The van der Waals surface area contributed by atoms with Crippen LogP contribution < -0.4 is 16.4 Å². The number of likely N-dealkylation sites (N-methyl/N-ethyl adjacent to an activating group) is 1. The molecule has 238 valence electrons. The predicted octanol–water partition coefficient (Wildman–Crippen LogP) is 2.29. The topological polar surface area (TPSA) is 223 Å². The van der Waals surface area contributed by atoms with Gasteiger partial charge >= 0.3 is 6.03 Å². The Hall–Kier alpha value is -5.24. The minimum Gasteiger partial charge on any atom is -0.508 e. The van der Waals surface area contributed by atoms with Gasteiger partial charge < -0.3 is 41.9 Å². The number of rotatable bonds is 4. The highest BCUT2D eigenvalue weighted by Gasteiger charge is 2.68. The van der Waals surface area contributed by atoms with E-state index < -0.39 is 87.4 Å². The first-order valence-corrected chi connectivity index (χ1v) is 14.5. The van der Waals surface area contributed by atoms with Crippen molar-refractivity contribution in [3.05, 3.63) is 82.6 Å². The quantitative estimate of drug-likeness (QED) is 0.155. The zero-order chi connectivity index (χ0) is 33.4. The molecule has 0 aromatic heterocycles. The zero-order valence-corrected chi connectivity index (χ0v) is 25.0. The number of nitrogens with zero attached hydrogens (tertiary/aromatic N) is 1. The molecule has 13 nitrogen and oxygen atoms in total. The van der Waals surface area contributed by atoms with Gasteiger partial charge in [0.05, 0.1) is 35.0 Å². The number of carbonyl (C=O) groups is 4. The van der Waals surface area contributed by atoms with Crippen LogP contribution in [-0.4, -0.2) is 85.8 Å². The molecule has 1 saturated carbocycles. The van der Waals surface area contributed by atoms with Gasteiger partial charge in [0.15, 0.2) is 11.4 Å². The predicted molar refractivity (Wildman–Crippen MR) is 167 cm³/mol. The number of fused-ring (bicyclic) bond motifs is 4. The van der Waals surface area contributed by atoms with Crippen LogP contribution >= 0.6 is 0 Å². The molecule has 9 N–H and O–H groups in total. The van der Waals surface area contributed by atoms with E-state index in [9.17, 15) is 44.7 Å². The minimum absolute atomic E-state index is 0.121. The van der Waals surface area contributed by atoms with Crippen LogP contribution in [0.25, 0.3) is 16.5 Å². The van der Waals surface area contributed by atoms with Crippen LogP contribution in [0.4, 0.5) is 16.2 Å². The second kappa shape index (κ2) is 10.7. The van der Waals surface area contributed by atoms with Crippen molar-refractivity contribution in [3.63, 3.8) is 0 Å². The number of benzene rings is 3. The number of phenols is 1. The van der Waals surface area contributed by atoms with Gasteiger partial charge in [0.25, 0.3) is 5.91 Å². The maximum absolute atomic E-state index is 14.1. The Morgan fingerprint density at radius 2 is 1.59 bits per heavy atom. The lowest BCUT2D eigenvalue weighted by atomic mass is 9.54. The van der Waals surface area contributed by atoms with E-state index in [1.165, 1.54) is 31.1 Å². The third kappa shape index (κ3) is 4.20. The molecule has 3 aromatic carbocycles. The smallest absolute Gasteiger partial charge is 0.323 e. The highest BCUT2D eigenvalue weighted by atomic mass is 16.4. The fourth-order valence-corrected chi connectivity index (χ4v) is 7.33. The van der Waals surface area contributed by atoms with E-state index in [0.29, 0.717) is 11.3 Å². The van der Waals surface area contributed by atoms with Crippen LogP contribution in [0.3, 0.4) is 0 Å². The summed E-state index contributed by atoms with van der Waals surface area (Å²) in [4.78, 5) is 54.0. The first-order chi connectivity index (χ1) is 21.7. The molecule has 6 rings (SSSR count). The molecule has 6 atom stereocenters. The number of primary amides is 1. The summed E-state index contributed by atoms with van der Waals surface area (Å²) in [6.45, 7) is 1.62. The number of anilines is 2. The van der Waals surface area contributed by atoms with Crippen molar-refractivity contribution in [2.45, 2.75) is 30.6 Å². The molecule has 3 aromatic rings. The van der Waals surface area contributed by atoms with Crippen molar-refractivity contribution >= 4 is 51.4 Å². The molecular weight excluding hydrogens is 596 g/mol. The lowest BCUT2D eigenvalue weighted by Gasteiger charge is -2.53. The van der Waals surface area contributed by atoms with Gasteiger partial charge in [0.2, 0.25) is 5.78 Å². The van der Waals surface area contributed by atoms with Crippen molar-refractivity contribution < 1.29 is 44.7 Å². The Morgan fingerprint density at radius 3 is 2.26 bits per heavy atom. The number of nitrogens with two attached hydrogens (primary N) is 1. The van der Waals surface area contributed by atoms with Crippen molar-refractivity contribution in [3.8, 4) is 5.75 Å². The number of aliphatic hydroxyl groups excluding tert-OH is 3. The number of nitrogens with one attached hydrogen (secondary N) is 2. The summed E-state index contributed by atoms with van der Waals surface area (Å²) in [5, 5.41) is 64.4. The number of hydrogen-bond acceptors (Lipinski definition) is 10. The van der Waals surface area contributed by atoms with E-state index >= 15 is 0 Å². The molecule has 3 aliphatic rings. The fourth-order valence-electron chi connectivity index (χ4n) is 7.33. The van der Waals surface area contributed by atoms with E-state index in [2.05, 4.69) is 10.6 Å². The zero-order valence-electron chi connectivity index (χ0n) is 25.0. The van der Waals surface area contributed by atoms with Crippen molar-refractivity contribution in [1.29, 1.82) is 0 Å². The summed E-state index contributed by atoms with van der Waals surface area (Å²) < 4.78 is 0. The van der Waals surface area contributed by atoms with Crippen LogP contribution in [0.5, 0.6) is 5.75 Å². The molecule has 0 radical (unpaired) electrons. The minimum atomic E-state index is -3.02. The Balaban J connectivity index is 1.43. The standard InChI is InChI=1S/C33H32N4O9/c1-13-15-11-12-18(36-32(45)35-17-10-6-8-14-7-4-5-9-16(14)17)25(38)20(15)26(39)21-19(13)27(40)23-24(37(2)3)28(41)22(31(34)44)30(43)33(23,46)29(21)42/h4-13,19,23-24,27,38-40,43,46H,1-3H3,(H2,34,44)(H2,35,36,45)/t13-,19+,23+,24-,27-,33-/m1/s1. The van der Waals surface area contributed by atoms with Crippen molar-refractivity contribution in [2.75, 3.05) is 24.7 Å². The van der Waals surface area contributed by atoms with Crippen LogP contribution in [0.15, 0.2) is 71.5 Å². The fraction of sp³-hybridized carbons (Fsp3) is 0.273. The molecule has 1 fully saturated rings. The summed E-state index contributed by atoms with van der Waals surface area (Å²) >= 11 is 0. The summed E-state index contributed by atoms with van der Waals surface area (Å²) in [5.41, 5.74) is 1.27. The molecular formula is C33H32N4O9. The van der Waals surface area contributed by atoms with E-state index in [4.69, 9.17) is 5.73 Å². The molecule has 3 amide bonds. The molecule has 0 unspecified atom stereocenters. The number of Topliss-reactive ketones (excluding diaryl/α,β-unsaturated/α-hetero) is 2. The summed E-state index contributed by atoms with van der Waals surface area (Å²) in [5.74, 6) is -10.00. The van der Waals surface area contributed by atoms with Crippen LogP contribution in [0, 0.1) is 11.8 Å². The SMILES string of the molecule is C[C@@H]1c2ccc(NC(=O)Nc3cccc4ccccc34)c(O)c2C(O)=C2C(=O)[C@@]3(O)C(O)=C(C(N)=O)C(=O)[C@H](N(C)C)[C@H]3[C@H](O)[C@H]21. The van der Waals surface area contributed by atoms with E-state index in [-0.39, 0.29) is 11.3 Å². The van der Waals surface area contributed by atoms with Crippen LogP contribution in [-0.2, 0) is 14.4 Å². The summed E-state index contributed by atoms with van der Waals surface area (Å²) in [6, 6.07) is 13.5. The van der Waals surface area contributed by atoms with Gasteiger partial charge in [-0.05, 0) is 43.1 Å². The normalized spacial score (nSPS) is 27.3. The molecule has 13 heteroatoms. The lowest BCUT2D eigenvalue weighted by molar-refractivity contribution is -0.169. The molecule has 0 saturated heterocycles. The number of ketones is 2. The summed E-state index contributed by atoms with van der Waals surface area (Å²) in [6.07, 6.45) is -1.71. The lowest BCUT2D eigenvalue weighted by Crippen LogP contribution is -2.70. The highest BCUT2D eigenvalue weighted by Crippen LogP contribution is 2.56. The molecule has 0 spiro atoms. The third-order valence-electron chi connectivity index (χ3n) is 9.42. The molecule has 0 aliphatic heterocycles. The number of urea groups is 1. The second-order valence-electron chi connectivity index (χ2n) is 12.1. The van der Waals surface area contributed by atoms with Crippen molar-refractivity contribution in [1.82, 2.24) is 4.90 Å². The third-order valence-corrected chi connectivity index (χ3v) is 9.42. The Kier molecular flexibility index (Phi) is 7.15. The number of amides is 3. The van der Waals surface area contributed by atoms with Crippen LogP contribution in [0.2, 0.25) is 0 Å². The van der Waals surface area contributed by atoms with E-state index in [0.717, 1.165) is 10.8 Å². The average Bonchev–Trinajstić information content (AvgIpc) is 3.00. The molecule has 3 aliphatic carbocycles. The maximum atomic E-state index is 14.1. The molecule has 46 heavy (non-hydrogen) atoms. The number of phenolic OH excluding ortho intramolecular Hbond substituents is 1. The van der Waals surface area contributed by atoms with Gasteiger partial charge in [-0.25, -0.2) is 4.79 Å². The summed E-state index contributed by atoms with van der Waals surface area (Å²) in [7, 11) is 2.87. The largest absolute Gasteiger partial charge is 0.508 e. The first-order valence-electron chi connectivity index (χ1n) is 14.5. The number of aromatic hydroxyl groups is 1. The maximum Gasteiger partial charge on any atom is 0.323 e. The Bertz CT molecular complexity index is 1930. The second-order valence-corrected chi connectivity index (χ2v) is 12.1. The van der Waals surface area contributed by atoms with Crippen molar-refractivity contribution in [2.24, 2.45) is 17.6 Å². The van der Waals surface area contributed by atoms with Crippen LogP contribution in [0.1, 0.15) is 24.0 Å². The number of aliphatic hydroxyl groups is 4.